The molecule has 0 aliphatic carbocycles. The first-order chi connectivity index (χ1) is 8.69. The van der Waals surface area contributed by atoms with Gasteiger partial charge in [-0.1, -0.05) is 20.3 Å². The molecule has 0 aliphatic heterocycles. The molecule has 0 radical (unpaired) electrons. The quantitative estimate of drug-likeness (QED) is 0.720. The van der Waals surface area contributed by atoms with Crippen LogP contribution in [0, 0.1) is 5.92 Å². The van der Waals surface area contributed by atoms with E-state index in [-0.39, 0.29) is 10.8 Å². The Balaban J connectivity index is 3.08. The van der Waals surface area contributed by atoms with Gasteiger partial charge in [-0.2, -0.15) is 4.72 Å². The molecule has 108 valence electrons. The highest BCUT2D eigenvalue weighted by molar-refractivity contribution is 9.12. The molecule has 2 atom stereocenters. The second kappa shape index (κ2) is 6.66. The minimum atomic E-state index is -3.87. The first-order valence-electron chi connectivity index (χ1n) is 5.39. The van der Waals surface area contributed by atoms with Crippen LogP contribution in [-0.2, 0) is 14.8 Å². The third-order valence-corrected chi connectivity index (χ3v) is 6.87. The van der Waals surface area contributed by atoms with E-state index in [0.29, 0.717) is 14.0 Å². The molecular weight excluding hydrogens is 422 g/mol. The molecule has 0 fully saturated rings. The summed E-state index contributed by atoms with van der Waals surface area (Å²) in [6, 6.07) is 0.299. The van der Waals surface area contributed by atoms with Crippen molar-refractivity contribution in [3.05, 3.63) is 13.6 Å². The van der Waals surface area contributed by atoms with Gasteiger partial charge in [0.05, 0.1) is 7.57 Å². The third kappa shape index (κ3) is 4.25. The van der Waals surface area contributed by atoms with Crippen LogP contribution in [0.15, 0.2) is 18.5 Å². The summed E-state index contributed by atoms with van der Waals surface area (Å²) in [5, 5.41) is 9.11. The average molecular weight is 435 g/mol. The molecule has 1 aromatic rings. The predicted octanol–water partition coefficient (Wildman–Crippen LogP) is 3.05. The van der Waals surface area contributed by atoms with Crippen molar-refractivity contribution >= 4 is 59.2 Å². The van der Waals surface area contributed by atoms with Crippen molar-refractivity contribution in [1.29, 1.82) is 0 Å². The normalized spacial score (nSPS) is 15.2. The van der Waals surface area contributed by atoms with Crippen molar-refractivity contribution < 1.29 is 18.3 Å². The molecule has 5 nitrogen and oxygen atoms in total. The fraction of sp³-hybridized carbons (Fsp3) is 0.500. The van der Waals surface area contributed by atoms with E-state index in [1.807, 2.05) is 6.92 Å². The number of hydrogen-bond acceptors (Lipinski definition) is 4. The van der Waals surface area contributed by atoms with Crippen LogP contribution in [0.1, 0.15) is 20.3 Å². The summed E-state index contributed by atoms with van der Waals surface area (Å²) in [6.45, 7) is 3.51. The lowest BCUT2D eigenvalue weighted by Gasteiger charge is -2.19. The van der Waals surface area contributed by atoms with Crippen molar-refractivity contribution in [1.82, 2.24) is 4.72 Å². The monoisotopic (exact) mass is 433 g/mol. The van der Waals surface area contributed by atoms with E-state index in [1.165, 1.54) is 17.4 Å². The van der Waals surface area contributed by atoms with E-state index in [2.05, 4.69) is 36.6 Å². The average Bonchev–Trinajstić information content (AvgIpc) is 2.65. The summed E-state index contributed by atoms with van der Waals surface area (Å²) < 4.78 is 27.7. The van der Waals surface area contributed by atoms with Gasteiger partial charge in [0, 0.05) is 0 Å². The molecule has 1 heterocycles. The number of carboxylic acids is 1. The molecule has 2 N–H and O–H groups in total. The van der Waals surface area contributed by atoms with Gasteiger partial charge in [0.2, 0.25) is 10.0 Å². The molecular formula is C10H13Br2NO4S2. The molecule has 0 saturated heterocycles. The van der Waals surface area contributed by atoms with Crippen LogP contribution in [0.2, 0.25) is 0 Å². The maximum Gasteiger partial charge on any atom is 0.322 e. The van der Waals surface area contributed by atoms with E-state index < -0.39 is 22.0 Å². The summed E-state index contributed by atoms with van der Waals surface area (Å²) in [5.74, 6) is -1.48. The lowest BCUT2D eigenvalue weighted by atomic mass is 10.0. The van der Waals surface area contributed by atoms with Crippen molar-refractivity contribution in [3.63, 3.8) is 0 Å². The van der Waals surface area contributed by atoms with Gasteiger partial charge < -0.3 is 5.11 Å². The maximum atomic E-state index is 12.2. The Kier molecular flexibility index (Phi) is 5.99. The van der Waals surface area contributed by atoms with Crippen LogP contribution in [0.5, 0.6) is 0 Å². The molecule has 0 amide bonds. The first kappa shape index (κ1) is 17.1. The molecule has 1 rings (SSSR count). The third-order valence-electron chi connectivity index (χ3n) is 2.68. The largest absolute Gasteiger partial charge is 0.480 e. The standard InChI is InChI=1S/C10H13Br2NO4S2/c1-3-5(2)8(10(14)15)13-19(16,17)6-4-7(11)18-9(6)12/h4-5,8,13H,3H2,1-2H3,(H,14,15)/t5?,8-/m0/s1. The van der Waals surface area contributed by atoms with Gasteiger partial charge in [0.25, 0.3) is 0 Å². The van der Waals surface area contributed by atoms with Crippen LogP contribution >= 0.6 is 43.2 Å². The Morgan fingerprint density at radius 2 is 2.11 bits per heavy atom. The highest BCUT2D eigenvalue weighted by Gasteiger charge is 2.31. The van der Waals surface area contributed by atoms with E-state index in [1.54, 1.807) is 6.92 Å². The van der Waals surface area contributed by atoms with Crippen LogP contribution in [0.3, 0.4) is 0 Å². The molecule has 0 saturated carbocycles. The maximum absolute atomic E-state index is 12.2. The number of halogens is 2. The molecule has 0 aliphatic rings. The molecule has 9 heteroatoms. The number of aliphatic carboxylic acids is 1. The van der Waals surface area contributed by atoms with Crippen molar-refractivity contribution in [3.8, 4) is 0 Å². The Labute approximate surface area is 132 Å². The highest BCUT2D eigenvalue weighted by atomic mass is 79.9. The smallest absolute Gasteiger partial charge is 0.322 e. The number of carbonyl (C=O) groups is 1. The zero-order valence-electron chi connectivity index (χ0n) is 10.2. The second-order valence-electron chi connectivity index (χ2n) is 4.01. The Hall–Kier alpha value is 0.0400. The van der Waals surface area contributed by atoms with E-state index in [4.69, 9.17) is 5.11 Å². The van der Waals surface area contributed by atoms with E-state index in [0.717, 1.165) is 0 Å². The van der Waals surface area contributed by atoms with Gasteiger partial charge in [-0.3, -0.25) is 4.79 Å². The summed E-state index contributed by atoms with van der Waals surface area (Å²) in [7, 11) is -3.87. The SMILES string of the molecule is CCC(C)[C@H](NS(=O)(=O)c1cc(Br)sc1Br)C(=O)O. The zero-order chi connectivity index (χ0) is 14.8. The van der Waals surface area contributed by atoms with Gasteiger partial charge >= 0.3 is 5.97 Å². The first-order valence-corrected chi connectivity index (χ1v) is 9.27. The zero-order valence-corrected chi connectivity index (χ0v) is 15.0. The van der Waals surface area contributed by atoms with Crippen molar-refractivity contribution in [2.24, 2.45) is 5.92 Å². The molecule has 0 bridgehead atoms. The van der Waals surface area contributed by atoms with Gasteiger partial charge in [0.15, 0.2) is 0 Å². The van der Waals surface area contributed by atoms with Crippen molar-refractivity contribution in [2.45, 2.75) is 31.2 Å². The van der Waals surface area contributed by atoms with E-state index in [9.17, 15) is 13.2 Å². The number of hydrogen-bond donors (Lipinski definition) is 2. The fourth-order valence-corrected chi connectivity index (χ4v) is 6.49. The van der Waals surface area contributed by atoms with Crippen LogP contribution in [-0.4, -0.2) is 25.5 Å². The molecule has 19 heavy (non-hydrogen) atoms. The summed E-state index contributed by atoms with van der Waals surface area (Å²) in [4.78, 5) is 11.2. The van der Waals surface area contributed by atoms with Gasteiger partial charge in [-0.05, 0) is 43.8 Å². The minimum absolute atomic E-state index is 0.0407. The number of carboxylic acid groups (broad SMARTS) is 1. The minimum Gasteiger partial charge on any atom is -0.480 e. The van der Waals surface area contributed by atoms with E-state index >= 15 is 0 Å². The van der Waals surface area contributed by atoms with Crippen LogP contribution in [0.4, 0.5) is 0 Å². The van der Waals surface area contributed by atoms with Gasteiger partial charge in [-0.25, -0.2) is 8.42 Å². The topological polar surface area (TPSA) is 83.5 Å². The Morgan fingerprint density at radius 1 is 1.53 bits per heavy atom. The second-order valence-corrected chi connectivity index (χ2v) is 9.44. The number of nitrogens with one attached hydrogen (secondary N) is 1. The van der Waals surface area contributed by atoms with Crippen LogP contribution < -0.4 is 4.72 Å². The predicted molar refractivity (Wildman–Crippen MR) is 80.9 cm³/mol. The number of rotatable bonds is 6. The molecule has 0 spiro atoms. The van der Waals surface area contributed by atoms with Gasteiger partial charge in [0.1, 0.15) is 10.9 Å². The summed E-state index contributed by atoms with van der Waals surface area (Å²) in [5.41, 5.74) is 0. The van der Waals surface area contributed by atoms with Crippen LogP contribution in [0.25, 0.3) is 0 Å². The summed E-state index contributed by atoms with van der Waals surface area (Å²) in [6.07, 6.45) is 0.563. The highest BCUT2D eigenvalue weighted by Crippen LogP contribution is 2.34. The Morgan fingerprint density at radius 3 is 2.47 bits per heavy atom. The molecule has 1 unspecified atom stereocenters. The number of thiophene rings is 1. The van der Waals surface area contributed by atoms with Gasteiger partial charge in [-0.15, -0.1) is 11.3 Å². The lowest BCUT2D eigenvalue weighted by molar-refractivity contribution is -0.140. The number of sulfonamides is 1. The Bertz CT molecular complexity index is 570. The molecule has 1 aromatic heterocycles. The van der Waals surface area contributed by atoms with Crippen molar-refractivity contribution in [2.75, 3.05) is 0 Å². The fourth-order valence-electron chi connectivity index (χ4n) is 1.38. The lowest BCUT2D eigenvalue weighted by Crippen LogP contribution is -2.44. The summed E-state index contributed by atoms with van der Waals surface area (Å²) >= 11 is 7.56. The molecule has 0 aromatic carbocycles.